The minimum absolute atomic E-state index is 0.151. The van der Waals surface area contributed by atoms with E-state index in [1.807, 2.05) is 0 Å². The summed E-state index contributed by atoms with van der Waals surface area (Å²) in [5.41, 5.74) is 2.88. The van der Waals surface area contributed by atoms with Crippen molar-refractivity contribution in [2.24, 2.45) is 0 Å². The largest absolute Gasteiger partial charge is 0.508 e. The van der Waals surface area contributed by atoms with Crippen molar-refractivity contribution in [1.82, 2.24) is 10.6 Å². The van der Waals surface area contributed by atoms with Gasteiger partial charge < -0.3 is 44.2 Å². The van der Waals surface area contributed by atoms with Crippen molar-refractivity contribution in [3.63, 3.8) is 0 Å². The van der Waals surface area contributed by atoms with Gasteiger partial charge >= 0.3 is 5.97 Å². The number of aliphatic carboxylic acids is 1. The van der Waals surface area contributed by atoms with Gasteiger partial charge in [0, 0.05) is 53.4 Å². The summed E-state index contributed by atoms with van der Waals surface area (Å²) >= 11 is 0. The van der Waals surface area contributed by atoms with Crippen LogP contribution in [0.5, 0.6) is 11.5 Å². The third kappa shape index (κ3) is 11.3. The lowest BCUT2D eigenvalue weighted by Crippen LogP contribution is -2.31. The molecule has 14 nitrogen and oxygen atoms in total. The van der Waals surface area contributed by atoms with Crippen LogP contribution in [-0.2, 0) is 28.6 Å². The van der Waals surface area contributed by atoms with E-state index in [9.17, 15) is 29.1 Å². The number of Topliss-reactive ketones (excluding diaryl/α,β-unsaturated/α-hetero) is 1. The van der Waals surface area contributed by atoms with Crippen LogP contribution in [-0.4, -0.2) is 93.1 Å². The molecule has 0 saturated carbocycles. The summed E-state index contributed by atoms with van der Waals surface area (Å²) < 4.78 is 27.7. The third-order valence-electron chi connectivity index (χ3n) is 7.80. The van der Waals surface area contributed by atoms with Gasteiger partial charge in [0.15, 0.2) is 17.8 Å². The maximum Gasteiger partial charge on any atom is 0.341 e. The smallest absolute Gasteiger partial charge is 0.341 e. The summed E-state index contributed by atoms with van der Waals surface area (Å²) in [6, 6.07) is 22.5. The van der Waals surface area contributed by atoms with Crippen molar-refractivity contribution in [3.05, 3.63) is 112 Å². The Morgan fingerprint density at radius 2 is 1.48 bits per heavy atom. The van der Waals surface area contributed by atoms with Gasteiger partial charge in [-0.05, 0) is 53.6 Å². The molecule has 5 rings (SSSR count). The number of aromatic hydroxyl groups is 1. The average molecular weight is 739 g/mol. The van der Waals surface area contributed by atoms with Crippen molar-refractivity contribution < 1.29 is 52.8 Å². The van der Waals surface area contributed by atoms with Crippen LogP contribution in [0.15, 0.2) is 100 Å². The van der Waals surface area contributed by atoms with Crippen LogP contribution in [0.2, 0.25) is 0 Å². The van der Waals surface area contributed by atoms with Gasteiger partial charge in [-0.1, -0.05) is 36.4 Å². The maximum absolute atomic E-state index is 13.4. The fourth-order valence-corrected chi connectivity index (χ4v) is 5.33. The van der Waals surface area contributed by atoms with Crippen molar-refractivity contribution in [2.45, 2.75) is 0 Å². The number of carbonyl (C=O) groups excluding carboxylic acids is 3. The van der Waals surface area contributed by atoms with E-state index in [0.29, 0.717) is 53.0 Å². The Kier molecular flexibility index (Phi) is 14.0. The normalized spacial score (nSPS) is 11.2. The van der Waals surface area contributed by atoms with Gasteiger partial charge in [-0.2, -0.15) is 0 Å². The number of benzene rings is 4. The second kappa shape index (κ2) is 19.5. The highest BCUT2D eigenvalue weighted by atomic mass is 16.5. The van der Waals surface area contributed by atoms with Gasteiger partial charge in [-0.3, -0.25) is 19.2 Å². The first kappa shape index (κ1) is 38.9. The second-order valence-corrected chi connectivity index (χ2v) is 11.7. The van der Waals surface area contributed by atoms with Crippen molar-refractivity contribution in [3.8, 4) is 33.9 Å². The molecule has 0 bridgehead atoms. The summed E-state index contributed by atoms with van der Waals surface area (Å²) in [4.78, 5) is 60.9. The van der Waals surface area contributed by atoms with E-state index < -0.39 is 18.5 Å². The summed E-state index contributed by atoms with van der Waals surface area (Å²) in [7, 11) is 0. The molecule has 3 aromatic carbocycles. The van der Waals surface area contributed by atoms with Gasteiger partial charge in [-0.15, -0.1) is 0 Å². The zero-order valence-electron chi connectivity index (χ0n) is 29.1. The molecule has 0 fully saturated rings. The number of fused-ring (bicyclic) bond motifs is 2. The minimum Gasteiger partial charge on any atom is -0.508 e. The summed E-state index contributed by atoms with van der Waals surface area (Å²) in [6.45, 7) is 0.358. The molecule has 1 aliphatic heterocycles. The van der Waals surface area contributed by atoms with Crippen molar-refractivity contribution in [2.75, 3.05) is 59.3 Å². The summed E-state index contributed by atoms with van der Waals surface area (Å²) in [5, 5.41) is 24.3. The molecule has 0 saturated heterocycles. The topological polar surface area (TPSA) is 200 Å². The van der Waals surface area contributed by atoms with Crippen molar-refractivity contribution in [1.29, 1.82) is 0 Å². The SMILES string of the molecule is O=C(O)COc1ccc2c(-c3ccccc3C(=O)COCC(=O)NCCOCCOCCNC(=O)/C=C/c3ccc(O)cc3)c3ccc(=O)cc-3oc2c1. The van der Waals surface area contributed by atoms with E-state index in [4.69, 9.17) is 28.5 Å². The molecule has 4 N–H and O–H groups in total. The van der Waals surface area contributed by atoms with E-state index in [1.165, 1.54) is 36.4 Å². The standard InChI is InChI=1S/C40H38N2O12/c43-27-8-5-26(6-9-27)7-14-37(46)41-15-17-50-19-20-51-18-16-42-38(47)24-52-23-34(45)30-3-1-2-4-31(30)40-32-12-10-28(44)21-35(32)54-36-22-29(11-13-33(36)40)53-25-39(48)49/h1-14,21-22,43H,15-20,23-25H2,(H,41,46)(H,42,47)(H,48,49)/b14-7+. The minimum atomic E-state index is -1.14. The van der Waals surface area contributed by atoms with E-state index in [0.717, 1.165) is 5.56 Å². The Bertz CT molecular complexity index is 2140. The van der Waals surface area contributed by atoms with Crippen LogP contribution in [0.3, 0.4) is 0 Å². The highest BCUT2D eigenvalue weighted by Crippen LogP contribution is 2.42. The van der Waals surface area contributed by atoms with E-state index >= 15 is 0 Å². The number of phenolic OH excluding ortho intramolecular Hbond substituents is 1. The summed E-state index contributed by atoms with van der Waals surface area (Å²) in [6.07, 6.45) is 3.03. The number of hydrogen-bond acceptors (Lipinski definition) is 11. The molecule has 3 aromatic rings. The van der Waals surface area contributed by atoms with Crippen LogP contribution >= 0.6 is 0 Å². The number of rotatable bonds is 20. The Morgan fingerprint density at radius 3 is 2.24 bits per heavy atom. The van der Waals surface area contributed by atoms with E-state index in [2.05, 4.69) is 10.6 Å². The molecule has 14 heteroatoms. The number of phenols is 1. The zero-order valence-corrected chi connectivity index (χ0v) is 29.1. The predicted molar refractivity (Wildman–Crippen MR) is 198 cm³/mol. The molecule has 0 spiro atoms. The highest BCUT2D eigenvalue weighted by molar-refractivity contribution is 6.10. The lowest BCUT2D eigenvalue weighted by Gasteiger charge is -2.18. The first-order chi connectivity index (χ1) is 26.2. The number of carboxylic acids is 1. The molecule has 0 aromatic heterocycles. The highest BCUT2D eigenvalue weighted by Gasteiger charge is 2.22. The van der Waals surface area contributed by atoms with Crippen molar-refractivity contribution >= 4 is 40.6 Å². The zero-order chi connectivity index (χ0) is 38.3. The molecule has 2 amide bonds. The maximum atomic E-state index is 13.4. The van der Waals surface area contributed by atoms with E-state index in [1.54, 1.807) is 60.7 Å². The van der Waals surface area contributed by atoms with E-state index in [-0.39, 0.29) is 67.4 Å². The van der Waals surface area contributed by atoms with Gasteiger partial charge in [-0.25, -0.2) is 4.79 Å². The number of nitrogens with one attached hydrogen (secondary N) is 2. The Balaban J connectivity index is 1.04. The number of amides is 2. The molecule has 1 aliphatic carbocycles. The first-order valence-corrected chi connectivity index (χ1v) is 16.9. The first-order valence-electron chi connectivity index (χ1n) is 16.9. The van der Waals surface area contributed by atoms with Crippen LogP contribution < -0.4 is 20.8 Å². The fourth-order valence-electron chi connectivity index (χ4n) is 5.33. The Hall–Kier alpha value is -6.35. The predicted octanol–water partition coefficient (Wildman–Crippen LogP) is 3.91. The van der Waals surface area contributed by atoms with Crippen LogP contribution in [0, 0.1) is 0 Å². The molecule has 54 heavy (non-hydrogen) atoms. The molecule has 280 valence electrons. The number of carboxylic acid groups (broad SMARTS) is 1. The number of carbonyl (C=O) groups is 4. The summed E-state index contributed by atoms with van der Waals surface area (Å²) in [5.74, 6) is -1.55. The molecule has 0 unspecified atom stereocenters. The molecular formula is C40H38N2O12. The Morgan fingerprint density at radius 1 is 0.741 bits per heavy atom. The monoisotopic (exact) mass is 738 g/mol. The fraction of sp³-hybridized carbons (Fsp3) is 0.225. The van der Waals surface area contributed by atoms with Crippen LogP contribution in [0.1, 0.15) is 15.9 Å². The van der Waals surface area contributed by atoms with Gasteiger partial charge in [0.25, 0.3) is 0 Å². The quantitative estimate of drug-likeness (QED) is 0.0389. The lowest BCUT2D eigenvalue weighted by atomic mass is 9.89. The number of ketones is 1. The number of hydrogen-bond donors (Lipinski definition) is 4. The van der Waals surface area contributed by atoms with Gasteiger partial charge in [0.1, 0.15) is 36.1 Å². The molecule has 0 atom stereocenters. The third-order valence-corrected chi connectivity index (χ3v) is 7.80. The molecule has 1 heterocycles. The van der Waals surface area contributed by atoms with Crippen LogP contribution in [0.4, 0.5) is 0 Å². The number of ether oxygens (including phenoxy) is 4. The molecule has 2 aliphatic rings. The molecular weight excluding hydrogens is 700 g/mol. The molecule has 0 radical (unpaired) electrons. The Labute approximate surface area is 309 Å². The van der Waals surface area contributed by atoms with Gasteiger partial charge in [0.2, 0.25) is 11.8 Å². The average Bonchev–Trinajstić information content (AvgIpc) is 3.16. The van der Waals surface area contributed by atoms with Crippen LogP contribution in [0.25, 0.3) is 39.5 Å². The lowest BCUT2D eigenvalue weighted by molar-refractivity contribution is -0.139. The van der Waals surface area contributed by atoms with Gasteiger partial charge in [0.05, 0.1) is 26.4 Å². The second-order valence-electron chi connectivity index (χ2n) is 11.7.